The molecule has 0 unspecified atom stereocenters. The van der Waals surface area contributed by atoms with E-state index in [1.54, 1.807) is 30.3 Å². The van der Waals surface area contributed by atoms with Crippen molar-refractivity contribution in [2.24, 2.45) is 0 Å². The highest BCUT2D eigenvalue weighted by atomic mass is 32.2. The molecule has 29 heavy (non-hydrogen) atoms. The Bertz CT molecular complexity index is 967. The first kappa shape index (κ1) is 22.2. The first-order valence-corrected chi connectivity index (χ1v) is 9.76. The molecule has 154 valence electrons. The monoisotopic (exact) mass is 417 g/mol. The summed E-state index contributed by atoms with van der Waals surface area (Å²) in [5, 5.41) is 7.85. The maximum absolute atomic E-state index is 12.5. The minimum atomic E-state index is -0.647. The Morgan fingerprint density at radius 1 is 1.10 bits per heavy atom. The number of nitrogens with one attached hydrogen (secondary N) is 4. The van der Waals surface area contributed by atoms with Gasteiger partial charge in [-0.1, -0.05) is 30.0 Å². The van der Waals surface area contributed by atoms with Crippen molar-refractivity contribution in [1.82, 2.24) is 15.3 Å². The standard InChI is InChI=1S/C19H23N5O4S/c1-11(25)20-15-14(21-16(27)12-8-6-5-7-9-12)17(28)23-18(22-15)29-10-13(26)24-19(2,3)4/h5-9H,10H2,1-4H3,(H,21,27)(H,24,26)(H2,20,22,23,25,28). The van der Waals surface area contributed by atoms with E-state index >= 15 is 0 Å². The quantitative estimate of drug-likeness (QED) is 0.420. The van der Waals surface area contributed by atoms with E-state index in [2.05, 4.69) is 25.9 Å². The summed E-state index contributed by atoms with van der Waals surface area (Å²) in [6.45, 7) is 6.83. The zero-order chi connectivity index (χ0) is 21.6. The number of amides is 3. The van der Waals surface area contributed by atoms with Gasteiger partial charge in [0.05, 0.1) is 5.75 Å². The summed E-state index contributed by atoms with van der Waals surface area (Å²) >= 11 is 1.01. The van der Waals surface area contributed by atoms with Crippen LogP contribution in [0.15, 0.2) is 40.3 Å². The van der Waals surface area contributed by atoms with Gasteiger partial charge in [0.15, 0.2) is 16.7 Å². The second kappa shape index (κ2) is 9.37. The van der Waals surface area contributed by atoms with Gasteiger partial charge in [0.25, 0.3) is 11.5 Å². The lowest BCUT2D eigenvalue weighted by Crippen LogP contribution is -2.41. The maximum atomic E-state index is 12.5. The average molecular weight is 417 g/mol. The first-order valence-electron chi connectivity index (χ1n) is 8.77. The van der Waals surface area contributed by atoms with Crippen molar-refractivity contribution in [3.8, 4) is 0 Å². The molecular formula is C19H23N5O4S. The fraction of sp³-hybridized carbons (Fsp3) is 0.316. The zero-order valence-electron chi connectivity index (χ0n) is 16.6. The van der Waals surface area contributed by atoms with E-state index in [1.807, 2.05) is 20.8 Å². The summed E-state index contributed by atoms with van der Waals surface area (Å²) in [7, 11) is 0. The van der Waals surface area contributed by atoms with Gasteiger partial charge in [0, 0.05) is 18.0 Å². The van der Waals surface area contributed by atoms with Crippen molar-refractivity contribution < 1.29 is 14.4 Å². The molecule has 0 saturated carbocycles. The summed E-state index contributed by atoms with van der Waals surface area (Å²) in [4.78, 5) is 55.1. The summed E-state index contributed by atoms with van der Waals surface area (Å²) in [5.41, 5.74) is -0.868. The molecule has 0 bridgehead atoms. The number of aromatic amines is 1. The van der Waals surface area contributed by atoms with Crippen LogP contribution in [0.2, 0.25) is 0 Å². The third-order valence-corrected chi connectivity index (χ3v) is 4.19. The van der Waals surface area contributed by atoms with E-state index in [0.29, 0.717) is 5.56 Å². The highest BCUT2D eigenvalue weighted by Crippen LogP contribution is 2.20. The Morgan fingerprint density at radius 2 is 1.76 bits per heavy atom. The predicted octanol–water partition coefficient (Wildman–Crippen LogP) is 1.99. The van der Waals surface area contributed by atoms with Gasteiger partial charge in [-0.2, -0.15) is 0 Å². The maximum Gasteiger partial charge on any atom is 0.277 e. The lowest BCUT2D eigenvalue weighted by molar-refractivity contribution is -0.120. The lowest BCUT2D eigenvalue weighted by atomic mass is 10.1. The van der Waals surface area contributed by atoms with Crippen molar-refractivity contribution in [2.75, 3.05) is 16.4 Å². The van der Waals surface area contributed by atoms with Gasteiger partial charge in [-0.25, -0.2) is 4.98 Å². The number of thioether (sulfide) groups is 1. The number of benzene rings is 1. The highest BCUT2D eigenvalue weighted by molar-refractivity contribution is 7.99. The molecule has 10 heteroatoms. The van der Waals surface area contributed by atoms with Crippen LogP contribution >= 0.6 is 11.8 Å². The van der Waals surface area contributed by atoms with Crippen LogP contribution in [-0.2, 0) is 9.59 Å². The van der Waals surface area contributed by atoms with E-state index in [0.717, 1.165) is 11.8 Å². The molecule has 0 aliphatic heterocycles. The minimum absolute atomic E-state index is 0.0233. The number of carbonyl (C=O) groups is 3. The van der Waals surface area contributed by atoms with Crippen LogP contribution in [-0.4, -0.2) is 39.0 Å². The molecule has 1 aromatic carbocycles. The van der Waals surface area contributed by atoms with Crippen LogP contribution in [0.5, 0.6) is 0 Å². The van der Waals surface area contributed by atoms with Gasteiger partial charge < -0.3 is 16.0 Å². The van der Waals surface area contributed by atoms with Crippen molar-refractivity contribution in [2.45, 2.75) is 38.4 Å². The summed E-state index contributed by atoms with van der Waals surface area (Å²) in [6, 6.07) is 8.32. The fourth-order valence-electron chi connectivity index (χ4n) is 2.26. The van der Waals surface area contributed by atoms with Crippen molar-refractivity contribution in [1.29, 1.82) is 0 Å². The second-order valence-electron chi connectivity index (χ2n) is 7.18. The van der Waals surface area contributed by atoms with Crippen molar-refractivity contribution >= 4 is 41.0 Å². The largest absolute Gasteiger partial charge is 0.351 e. The Kier molecular flexibility index (Phi) is 7.16. The van der Waals surface area contributed by atoms with Crippen molar-refractivity contribution in [3.05, 3.63) is 46.2 Å². The topological polar surface area (TPSA) is 133 Å². The van der Waals surface area contributed by atoms with Gasteiger partial charge in [-0.15, -0.1) is 0 Å². The molecule has 0 fully saturated rings. The number of aromatic nitrogens is 2. The van der Waals surface area contributed by atoms with Gasteiger partial charge in [-0.3, -0.25) is 24.2 Å². The molecule has 2 rings (SSSR count). The smallest absolute Gasteiger partial charge is 0.277 e. The van der Waals surface area contributed by atoms with Crippen LogP contribution in [0.4, 0.5) is 11.5 Å². The lowest BCUT2D eigenvalue weighted by Gasteiger charge is -2.20. The van der Waals surface area contributed by atoms with Crippen LogP contribution in [0.25, 0.3) is 0 Å². The molecule has 0 aliphatic carbocycles. The van der Waals surface area contributed by atoms with Gasteiger partial charge >= 0.3 is 0 Å². The fourth-order valence-corrected chi connectivity index (χ4v) is 2.92. The van der Waals surface area contributed by atoms with E-state index in [1.165, 1.54) is 6.92 Å². The molecule has 0 aliphatic rings. The Hall–Kier alpha value is -3.14. The highest BCUT2D eigenvalue weighted by Gasteiger charge is 2.18. The number of nitrogens with zero attached hydrogens (tertiary/aromatic N) is 1. The molecule has 9 nitrogen and oxygen atoms in total. The van der Waals surface area contributed by atoms with Crippen LogP contribution in [0, 0.1) is 0 Å². The third-order valence-electron chi connectivity index (χ3n) is 3.32. The normalized spacial score (nSPS) is 10.9. The number of rotatable bonds is 6. The molecule has 4 N–H and O–H groups in total. The number of anilines is 2. The van der Waals surface area contributed by atoms with Gasteiger partial charge in [0.2, 0.25) is 11.8 Å². The predicted molar refractivity (Wildman–Crippen MR) is 112 cm³/mol. The Morgan fingerprint density at radius 3 is 2.34 bits per heavy atom. The van der Waals surface area contributed by atoms with E-state index in [-0.39, 0.29) is 33.9 Å². The minimum Gasteiger partial charge on any atom is -0.351 e. The van der Waals surface area contributed by atoms with E-state index in [9.17, 15) is 19.2 Å². The van der Waals surface area contributed by atoms with E-state index in [4.69, 9.17) is 0 Å². The molecule has 3 amide bonds. The zero-order valence-corrected chi connectivity index (χ0v) is 17.4. The average Bonchev–Trinajstić information content (AvgIpc) is 2.61. The second-order valence-corrected chi connectivity index (χ2v) is 8.15. The van der Waals surface area contributed by atoms with Crippen molar-refractivity contribution in [3.63, 3.8) is 0 Å². The summed E-state index contributed by atoms with van der Waals surface area (Å²) < 4.78 is 0. The molecule has 2 aromatic rings. The van der Waals surface area contributed by atoms with Gasteiger partial charge in [0.1, 0.15) is 0 Å². The molecular weight excluding hydrogens is 394 g/mol. The van der Waals surface area contributed by atoms with Crippen LogP contribution in [0.3, 0.4) is 0 Å². The molecule has 1 heterocycles. The van der Waals surface area contributed by atoms with E-state index < -0.39 is 17.4 Å². The molecule has 0 spiro atoms. The first-order chi connectivity index (χ1) is 13.5. The summed E-state index contributed by atoms with van der Waals surface area (Å²) in [6.07, 6.45) is 0. The Balaban J connectivity index is 2.24. The number of H-pyrrole nitrogens is 1. The number of hydrogen-bond acceptors (Lipinski definition) is 6. The molecule has 0 saturated heterocycles. The van der Waals surface area contributed by atoms with Crippen LogP contribution < -0.4 is 21.5 Å². The molecule has 0 radical (unpaired) electrons. The van der Waals surface area contributed by atoms with Gasteiger partial charge in [-0.05, 0) is 32.9 Å². The number of carbonyl (C=O) groups excluding carboxylic acids is 3. The third kappa shape index (κ3) is 7.07. The number of hydrogen-bond donors (Lipinski definition) is 4. The summed E-state index contributed by atoms with van der Waals surface area (Å²) in [5.74, 6) is -1.28. The molecule has 1 aromatic heterocycles. The molecule has 0 atom stereocenters. The SMILES string of the molecule is CC(=O)Nc1nc(SCC(=O)NC(C)(C)C)[nH]c(=O)c1NC(=O)c1ccccc1. The Labute approximate surface area is 172 Å². The van der Waals surface area contributed by atoms with Crippen LogP contribution in [0.1, 0.15) is 38.1 Å².